The van der Waals surface area contributed by atoms with Crippen molar-refractivity contribution >= 4 is 17.2 Å². The Morgan fingerprint density at radius 1 is 1.18 bits per heavy atom. The minimum absolute atomic E-state index is 1.05. The molecule has 0 radical (unpaired) electrons. The Balaban J connectivity index is 1.80. The van der Waals surface area contributed by atoms with Gasteiger partial charge in [-0.25, -0.2) is 4.98 Å². The largest absolute Gasteiger partial charge is 0.354 e. The molecule has 2 aromatic heterocycles. The molecule has 0 atom stereocenters. The molecule has 4 heteroatoms. The molecule has 0 aliphatic carbocycles. The van der Waals surface area contributed by atoms with Gasteiger partial charge in [0.1, 0.15) is 5.82 Å². The maximum absolute atomic E-state index is 4.56. The van der Waals surface area contributed by atoms with Crippen LogP contribution in [0.25, 0.3) is 10.4 Å². The van der Waals surface area contributed by atoms with Crippen LogP contribution in [-0.2, 0) is 0 Å². The average molecular weight is 245 g/mol. The van der Waals surface area contributed by atoms with Crippen molar-refractivity contribution in [2.75, 3.05) is 31.1 Å². The number of hydrogen-bond acceptors (Lipinski definition) is 4. The van der Waals surface area contributed by atoms with E-state index in [1.807, 2.05) is 6.20 Å². The molecule has 1 saturated heterocycles. The molecule has 0 aromatic carbocycles. The van der Waals surface area contributed by atoms with E-state index in [0.717, 1.165) is 32.0 Å². The first-order valence-corrected chi connectivity index (χ1v) is 6.77. The van der Waals surface area contributed by atoms with E-state index in [-0.39, 0.29) is 0 Å². The van der Waals surface area contributed by atoms with Crippen LogP contribution in [0.15, 0.2) is 35.8 Å². The number of nitrogens with zero attached hydrogens (tertiary/aromatic N) is 2. The summed E-state index contributed by atoms with van der Waals surface area (Å²) in [5.41, 5.74) is 1.21. The maximum Gasteiger partial charge on any atom is 0.128 e. The van der Waals surface area contributed by atoms with Crippen molar-refractivity contribution in [3.63, 3.8) is 0 Å². The molecule has 2 aromatic rings. The molecule has 1 fully saturated rings. The van der Waals surface area contributed by atoms with Crippen LogP contribution in [0.1, 0.15) is 0 Å². The molecule has 3 nitrogen and oxygen atoms in total. The van der Waals surface area contributed by atoms with Gasteiger partial charge in [-0.05, 0) is 23.6 Å². The van der Waals surface area contributed by atoms with E-state index in [4.69, 9.17) is 0 Å². The molecule has 0 spiro atoms. The zero-order valence-corrected chi connectivity index (χ0v) is 10.4. The number of aromatic nitrogens is 1. The van der Waals surface area contributed by atoms with Crippen LogP contribution >= 0.6 is 11.3 Å². The van der Waals surface area contributed by atoms with Crippen LogP contribution in [0.5, 0.6) is 0 Å². The zero-order valence-electron chi connectivity index (χ0n) is 9.60. The number of anilines is 1. The second kappa shape index (κ2) is 4.85. The molecule has 1 N–H and O–H groups in total. The van der Waals surface area contributed by atoms with Crippen LogP contribution in [0.4, 0.5) is 5.82 Å². The number of pyridine rings is 1. The molecule has 1 aliphatic heterocycles. The third-order valence-corrected chi connectivity index (χ3v) is 3.91. The van der Waals surface area contributed by atoms with Crippen molar-refractivity contribution in [2.24, 2.45) is 0 Å². The summed E-state index contributed by atoms with van der Waals surface area (Å²) in [6.07, 6.45) is 1.98. The van der Waals surface area contributed by atoms with Crippen LogP contribution in [0.2, 0.25) is 0 Å². The Kier molecular flexibility index (Phi) is 3.07. The fourth-order valence-electron chi connectivity index (χ4n) is 2.06. The Morgan fingerprint density at radius 3 is 2.71 bits per heavy atom. The molecule has 17 heavy (non-hydrogen) atoms. The second-order valence-corrected chi connectivity index (χ2v) is 5.07. The van der Waals surface area contributed by atoms with Crippen molar-refractivity contribution in [3.8, 4) is 10.4 Å². The predicted molar refractivity (Wildman–Crippen MR) is 72.6 cm³/mol. The Labute approximate surface area is 105 Å². The first-order valence-electron chi connectivity index (χ1n) is 5.89. The van der Waals surface area contributed by atoms with Crippen molar-refractivity contribution in [2.45, 2.75) is 0 Å². The minimum atomic E-state index is 1.05. The van der Waals surface area contributed by atoms with Crippen LogP contribution < -0.4 is 10.2 Å². The summed E-state index contributed by atoms with van der Waals surface area (Å²) < 4.78 is 0. The third-order valence-electron chi connectivity index (χ3n) is 2.99. The number of piperazine rings is 1. The Morgan fingerprint density at radius 2 is 2.06 bits per heavy atom. The van der Waals surface area contributed by atoms with E-state index in [0.29, 0.717) is 0 Å². The van der Waals surface area contributed by atoms with Gasteiger partial charge >= 0.3 is 0 Å². The van der Waals surface area contributed by atoms with E-state index in [1.165, 1.54) is 10.4 Å². The van der Waals surface area contributed by atoms with Gasteiger partial charge in [-0.15, -0.1) is 11.3 Å². The summed E-state index contributed by atoms with van der Waals surface area (Å²) in [7, 11) is 0. The van der Waals surface area contributed by atoms with E-state index in [2.05, 4.69) is 44.8 Å². The monoisotopic (exact) mass is 245 g/mol. The van der Waals surface area contributed by atoms with Crippen LogP contribution in [0, 0.1) is 0 Å². The van der Waals surface area contributed by atoms with Gasteiger partial charge in [0.15, 0.2) is 0 Å². The molecule has 3 rings (SSSR count). The normalized spacial score (nSPS) is 16.1. The summed E-state index contributed by atoms with van der Waals surface area (Å²) >= 11 is 1.75. The molecule has 0 unspecified atom stereocenters. The number of hydrogen-bond donors (Lipinski definition) is 1. The fraction of sp³-hybridized carbons (Fsp3) is 0.308. The van der Waals surface area contributed by atoms with Crippen molar-refractivity contribution in [1.82, 2.24) is 10.3 Å². The number of rotatable bonds is 2. The molecular formula is C13H15N3S. The first-order chi connectivity index (χ1) is 8.43. The van der Waals surface area contributed by atoms with Gasteiger partial charge in [0.2, 0.25) is 0 Å². The summed E-state index contributed by atoms with van der Waals surface area (Å²) in [4.78, 5) is 8.17. The highest BCUT2D eigenvalue weighted by molar-refractivity contribution is 7.13. The fourth-order valence-corrected chi connectivity index (χ4v) is 2.77. The van der Waals surface area contributed by atoms with Gasteiger partial charge in [0, 0.05) is 42.8 Å². The van der Waals surface area contributed by atoms with Crippen molar-refractivity contribution < 1.29 is 0 Å². The lowest BCUT2D eigenvalue weighted by Crippen LogP contribution is -2.43. The van der Waals surface area contributed by atoms with Gasteiger partial charge < -0.3 is 10.2 Å². The Hall–Kier alpha value is -1.39. The quantitative estimate of drug-likeness (QED) is 0.879. The lowest BCUT2D eigenvalue weighted by molar-refractivity contribution is 0.585. The third kappa shape index (κ3) is 2.33. The van der Waals surface area contributed by atoms with E-state index in [9.17, 15) is 0 Å². The van der Waals surface area contributed by atoms with E-state index >= 15 is 0 Å². The van der Waals surface area contributed by atoms with Gasteiger partial charge in [-0.3, -0.25) is 0 Å². The summed E-state index contributed by atoms with van der Waals surface area (Å²) in [5, 5.41) is 5.45. The standard InChI is InChI=1S/C13H15N3S/c1-2-12(17-9-1)11-3-4-13(15-10-11)16-7-5-14-6-8-16/h1-4,9-10,14H,5-8H2. The smallest absolute Gasteiger partial charge is 0.128 e. The van der Waals surface area contributed by atoms with E-state index in [1.54, 1.807) is 11.3 Å². The van der Waals surface area contributed by atoms with E-state index < -0.39 is 0 Å². The lowest BCUT2D eigenvalue weighted by Gasteiger charge is -2.28. The number of nitrogens with one attached hydrogen (secondary N) is 1. The van der Waals surface area contributed by atoms with Gasteiger partial charge in [-0.1, -0.05) is 6.07 Å². The molecule has 3 heterocycles. The van der Waals surface area contributed by atoms with Crippen LogP contribution in [-0.4, -0.2) is 31.2 Å². The molecule has 1 aliphatic rings. The SMILES string of the molecule is c1csc(-c2ccc(N3CCNCC3)nc2)c1. The molecule has 0 amide bonds. The maximum atomic E-state index is 4.56. The topological polar surface area (TPSA) is 28.2 Å². The highest BCUT2D eigenvalue weighted by Gasteiger charge is 2.11. The van der Waals surface area contributed by atoms with Gasteiger partial charge in [-0.2, -0.15) is 0 Å². The van der Waals surface area contributed by atoms with Crippen LogP contribution in [0.3, 0.4) is 0 Å². The highest BCUT2D eigenvalue weighted by Crippen LogP contribution is 2.25. The minimum Gasteiger partial charge on any atom is -0.354 e. The predicted octanol–water partition coefficient (Wildman–Crippen LogP) is 2.22. The second-order valence-electron chi connectivity index (χ2n) is 4.12. The zero-order chi connectivity index (χ0) is 11.5. The number of thiophene rings is 1. The van der Waals surface area contributed by atoms with Gasteiger partial charge in [0.05, 0.1) is 0 Å². The summed E-state index contributed by atoms with van der Waals surface area (Å²) in [5.74, 6) is 1.09. The summed E-state index contributed by atoms with van der Waals surface area (Å²) in [6, 6.07) is 8.49. The van der Waals surface area contributed by atoms with Crippen molar-refractivity contribution in [3.05, 3.63) is 35.8 Å². The average Bonchev–Trinajstić information content (AvgIpc) is 2.94. The highest BCUT2D eigenvalue weighted by atomic mass is 32.1. The molecule has 0 bridgehead atoms. The first kappa shape index (κ1) is 10.7. The molecule has 0 saturated carbocycles. The Bertz CT molecular complexity index is 458. The molecule has 88 valence electrons. The summed E-state index contributed by atoms with van der Waals surface area (Å²) in [6.45, 7) is 4.19. The molecular weight excluding hydrogens is 230 g/mol. The lowest BCUT2D eigenvalue weighted by atomic mass is 10.2. The van der Waals surface area contributed by atoms with Crippen molar-refractivity contribution in [1.29, 1.82) is 0 Å². The van der Waals surface area contributed by atoms with Gasteiger partial charge in [0.25, 0.3) is 0 Å².